The van der Waals surface area contributed by atoms with Gasteiger partial charge in [-0.25, -0.2) is 17.9 Å². The molecule has 0 aliphatic heterocycles. The van der Waals surface area contributed by atoms with Crippen molar-refractivity contribution >= 4 is 10.0 Å². The molecule has 0 saturated heterocycles. The van der Waals surface area contributed by atoms with Crippen LogP contribution in [-0.2, 0) is 27.7 Å². The number of hydrogen-bond acceptors (Lipinski definition) is 5. The number of nitrogens with two attached hydrogens (primary N) is 1. The van der Waals surface area contributed by atoms with Gasteiger partial charge in [0.05, 0.1) is 6.61 Å². The Morgan fingerprint density at radius 2 is 1.95 bits per heavy atom. The largest absolute Gasteiger partial charge is 0.383 e. The van der Waals surface area contributed by atoms with E-state index in [-0.39, 0.29) is 24.1 Å². The number of hydrogen-bond donors (Lipinski definition) is 1. The van der Waals surface area contributed by atoms with Crippen molar-refractivity contribution in [1.82, 2.24) is 14.8 Å². The molecule has 2 rings (SSSR count). The van der Waals surface area contributed by atoms with Crippen LogP contribution in [0.15, 0.2) is 29.4 Å². The number of rotatable bonds is 6. The first-order valence-corrected chi connectivity index (χ1v) is 7.64. The van der Waals surface area contributed by atoms with Crippen LogP contribution < -0.4 is 5.14 Å². The van der Waals surface area contributed by atoms with Crippen molar-refractivity contribution in [2.75, 3.05) is 13.7 Å². The molecule has 1 heterocycles. The number of halogens is 1. The van der Waals surface area contributed by atoms with E-state index in [0.717, 1.165) is 5.56 Å². The van der Waals surface area contributed by atoms with Crippen LogP contribution in [0.1, 0.15) is 11.4 Å². The van der Waals surface area contributed by atoms with Gasteiger partial charge in [0.15, 0.2) is 0 Å². The molecule has 0 spiro atoms. The van der Waals surface area contributed by atoms with E-state index in [1.807, 2.05) is 0 Å². The minimum atomic E-state index is -3.97. The fraction of sp³-hybridized carbons (Fsp3) is 0.333. The average molecular weight is 314 g/mol. The molecule has 2 N–H and O–H groups in total. The van der Waals surface area contributed by atoms with Crippen LogP contribution >= 0.6 is 0 Å². The van der Waals surface area contributed by atoms with E-state index < -0.39 is 10.0 Å². The van der Waals surface area contributed by atoms with E-state index in [9.17, 15) is 12.8 Å². The minimum Gasteiger partial charge on any atom is -0.383 e. The van der Waals surface area contributed by atoms with Crippen LogP contribution in [0.4, 0.5) is 4.39 Å². The van der Waals surface area contributed by atoms with Gasteiger partial charge in [-0.3, -0.25) is 4.57 Å². The van der Waals surface area contributed by atoms with Crippen molar-refractivity contribution in [3.63, 3.8) is 0 Å². The Labute approximate surface area is 121 Å². The zero-order valence-corrected chi connectivity index (χ0v) is 12.2. The molecule has 0 atom stereocenters. The van der Waals surface area contributed by atoms with E-state index in [0.29, 0.717) is 12.2 Å². The van der Waals surface area contributed by atoms with E-state index in [4.69, 9.17) is 9.88 Å². The summed E-state index contributed by atoms with van der Waals surface area (Å²) in [6.07, 6.45) is 0.312. The topological polar surface area (TPSA) is 100 Å². The summed E-state index contributed by atoms with van der Waals surface area (Å²) in [6.45, 7) is 0.544. The Balaban J connectivity index is 2.34. The molecule has 9 heteroatoms. The second-order valence-corrected chi connectivity index (χ2v) is 5.85. The molecule has 0 radical (unpaired) electrons. The van der Waals surface area contributed by atoms with Crippen molar-refractivity contribution in [2.24, 2.45) is 5.14 Å². The van der Waals surface area contributed by atoms with Crippen molar-refractivity contribution in [3.05, 3.63) is 41.5 Å². The summed E-state index contributed by atoms with van der Waals surface area (Å²) in [7, 11) is -2.47. The Bertz CT molecular complexity index is 713. The van der Waals surface area contributed by atoms with Gasteiger partial charge in [-0.15, -0.1) is 10.2 Å². The average Bonchev–Trinajstić information content (AvgIpc) is 2.82. The summed E-state index contributed by atoms with van der Waals surface area (Å²) in [5.74, 6) is 0.0764. The molecule has 0 saturated carbocycles. The highest BCUT2D eigenvalue weighted by molar-refractivity contribution is 7.89. The molecule has 7 nitrogen and oxygen atoms in total. The van der Waals surface area contributed by atoms with Crippen LogP contribution in [0.2, 0.25) is 0 Å². The van der Waals surface area contributed by atoms with Crippen LogP contribution in [0, 0.1) is 5.82 Å². The number of methoxy groups -OCH3 is 1. The molecule has 1 aromatic carbocycles. The molecule has 0 aliphatic rings. The fourth-order valence-corrected chi connectivity index (χ4v) is 2.51. The third-order valence-electron chi connectivity index (χ3n) is 2.84. The first-order valence-electron chi connectivity index (χ1n) is 6.10. The molecular formula is C12H15FN4O3S. The summed E-state index contributed by atoms with van der Waals surface area (Å²) >= 11 is 0. The van der Waals surface area contributed by atoms with Gasteiger partial charge in [0, 0.05) is 20.1 Å². The number of nitrogens with zero attached hydrogens (tertiary/aromatic N) is 3. The Morgan fingerprint density at radius 3 is 2.52 bits per heavy atom. The van der Waals surface area contributed by atoms with Crippen molar-refractivity contribution in [2.45, 2.75) is 18.1 Å². The lowest BCUT2D eigenvalue weighted by molar-refractivity contribution is 0.183. The van der Waals surface area contributed by atoms with Gasteiger partial charge in [0.2, 0.25) is 0 Å². The molecular weight excluding hydrogens is 299 g/mol. The Morgan fingerprint density at radius 1 is 1.29 bits per heavy atom. The summed E-state index contributed by atoms with van der Waals surface area (Å²) < 4.78 is 42.2. The van der Waals surface area contributed by atoms with E-state index in [2.05, 4.69) is 10.2 Å². The lowest BCUT2D eigenvalue weighted by Crippen LogP contribution is -2.21. The summed E-state index contributed by atoms with van der Waals surface area (Å²) in [4.78, 5) is 0. The Kier molecular flexibility index (Phi) is 4.66. The van der Waals surface area contributed by atoms with Gasteiger partial charge < -0.3 is 4.74 Å². The highest BCUT2D eigenvalue weighted by Crippen LogP contribution is 2.13. The molecule has 2 aromatic rings. The molecule has 21 heavy (non-hydrogen) atoms. The molecule has 0 fully saturated rings. The monoisotopic (exact) mass is 314 g/mol. The van der Waals surface area contributed by atoms with Crippen molar-refractivity contribution in [1.29, 1.82) is 0 Å². The standard InChI is InChI=1S/C12H15FN4O3S/c1-20-7-6-17-11(15-16-12(17)21(14,18)19)8-9-2-4-10(13)5-3-9/h2-5H,6-8H2,1H3,(H2,14,18,19). The molecule has 114 valence electrons. The Hall–Kier alpha value is -1.84. The number of ether oxygens (including phenoxy) is 1. The summed E-state index contributed by atoms with van der Waals surface area (Å²) in [5.41, 5.74) is 0.781. The maximum absolute atomic E-state index is 12.9. The third kappa shape index (κ3) is 3.84. The van der Waals surface area contributed by atoms with Gasteiger partial charge in [-0.1, -0.05) is 12.1 Å². The maximum atomic E-state index is 12.9. The highest BCUT2D eigenvalue weighted by Gasteiger charge is 2.21. The van der Waals surface area contributed by atoms with Crippen molar-refractivity contribution < 1.29 is 17.5 Å². The smallest absolute Gasteiger partial charge is 0.273 e. The van der Waals surface area contributed by atoms with E-state index in [1.54, 1.807) is 12.1 Å². The first-order chi connectivity index (χ1) is 9.91. The number of primary sulfonamides is 1. The van der Waals surface area contributed by atoms with Crippen LogP contribution in [0.3, 0.4) is 0 Å². The van der Waals surface area contributed by atoms with Gasteiger partial charge in [0.1, 0.15) is 11.6 Å². The third-order valence-corrected chi connectivity index (χ3v) is 3.65. The van der Waals surface area contributed by atoms with Crippen molar-refractivity contribution in [3.8, 4) is 0 Å². The van der Waals surface area contributed by atoms with Crippen LogP contribution in [0.5, 0.6) is 0 Å². The minimum absolute atomic E-state index is 0.256. The molecule has 1 aromatic heterocycles. The fourth-order valence-electron chi connectivity index (χ4n) is 1.85. The lowest BCUT2D eigenvalue weighted by atomic mass is 10.1. The second kappa shape index (κ2) is 6.29. The zero-order valence-electron chi connectivity index (χ0n) is 11.4. The normalized spacial score (nSPS) is 11.8. The maximum Gasteiger partial charge on any atom is 0.273 e. The SMILES string of the molecule is COCCn1c(Cc2ccc(F)cc2)nnc1S(N)(=O)=O. The number of aromatic nitrogens is 3. The van der Waals surface area contributed by atoms with Gasteiger partial charge in [-0.05, 0) is 17.7 Å². The van der Waals surface area contributed by atoms with E-state index in [1.165, 1.54) is 23.8 Å². The molecule has 0 aliphatic carbocycles. The van der Waals surface area contributed by atoms with Crippen LogP contribution in [-0.4, -0.2) is 36.9 Å². The zero-order chi connectivity index (χ0) is 15.5. The molecule has 0 amide bonds. The van der Waals surface area contributed by atoms with Gasteiger partial charge in [-0.2, -0.15) is 0 Å². The summed E-state index contributed by atoms with van der Waals surface area (Å²) in [6, 6.07) is 5.85. The first kappa shape index (κ1) is 15.5. The molecule has 0 bridgehead atoms. The van der Waals surface area contributed by atoms with Crippen LogP contribution in [0.25, 0.3) is 0 Å². The number of benzene rings is 1. The second-order valence-electron chi connectivity index (χ2n) is 4.39. The predicted octanol–water partition coefficient (Wildman–Crippen LogP) is 0.302. The quantitative estimate of drug-likeness (QED) is 0.826. The number of sulfonamides is 1. The summed E-state index contributed by atoms with van der Waals surface area (Å²) in [5, 5.41) is 12.3. The molecule has 0 unspecified atom stereocenters. The van der Waals surface area contributed by atoms with E-state index >= 15 is 0 Å². The van der Waals surface area contributed by atoms with Gasteiger partial charge in [0.25, 0.3) is 15.2 Å². The lowest BCUT2D eigenvalue weighted by Gasteiger charge is -2.08. The highest BCUT2D eigenvalue weighted by atomic mass is 32.2. The van der Waals surface area contributed by atoms with Gasteiger partial charge >= 0.3 is 0 Å². The predicted molar refractivity (Wildman–Crippen MR) is 72.5 cm³/mol.